The minimum Gasteiger partial charge on any atom is -0.364 e. The van der Waals surface area contributed by atoms with E-state index >= 15 is 0 Å². The Morgan fingerprint density at radius 3 is 1.96 bits per heavy atom. The fraction of sp³-hybridized carbons (Fsp3) is 0.417. The van der Waals surface area contributed by atoms with Gasteiger partial charge in [-0.2, -0.15) is 0 Å². The highest BCUT2D eigenvalue weighted by Crippen LogP contribution is 2.69. The molecule has 4 nitrogen and oxygen atoms in total. The number of ether oxygens (including phenoxy) is 1. The summed E-state index contributed by atoms with van der Waals surface area (Å²) in [5.41, 5.74) is 6.34. The Balaban J connectivity index is 1.57. The first-order valence-corrected chi connectivity index (χ1v) is 10.3. The summed E-state index contributed by atoms with van der Waals surface area (Å²) in [6.45, 7) is 8.63. The van der Waals surface area contributed by atoms with Crippen LogP contribution in [0.5, 0.6) is 0 Å². The molecule has 144 valence electrons. The molecule has 0 N–H and O–H groups in total. The predicted octanol–water partition coefficient (Wildman–Crippen LogP) is 5.96. The Labute approximate surface area is 166 Å². The molecule has 0 amide bonds. The molecule has 28 heavy (non-hydrogen) atoms. The van der Waals surface area contributed by atoms with Crippen molar-refractivity contribution in [3.63, 3.8) is 0 Å². The van der Waals surface area contributed by atoms with Gasteiger partial charge in [0.1, 0.15) is 0 Å². The van der Waals surface area contributed by atoms with Gasteiger partial charge < -0.3 is 4.74 Å². The number of nitrogens with zero attached hydrogens (tertiary/aromatic N) is 3. The predicted molar refractivity (Wildman–Crippen MR) is 110 cm³/mol. The molecular formula is C24H27N3O. The van der Waals surface area contributed by atoms with Crippen LogP contribution in [0, 0.1) is 11.8 Å². The van der Waals surface area contributed by atoms with Crippen LogP contribution in [0.4, 0.5) is 0 Å². The zero-order chi connectivity index (χ0) is 19.4. The van der Waals surface area contributed by atoms with Crippen LogP contribution in [0.2, 0.25) is 0 Å². The molecule has 0 saturated carbocycles. The molecule has 3 unspecified atom stereocenters. The maximum Gasteiger partial charge on any atom is 0.0928 e. The van der Waals surface area contributed by atoms with Gasteiger partial charge in [-0.3, -0.25) is 5.01 Å². The van der Waals surface area contributed by atoms with Crippen LogP contribution in [0.1, 0.15) is 56.6 Å². The van der Waals surface area contributed by atoms with E-state index in [0.29, 0.717) is 23.9 Å². The smallest absolute Gasteiger partial charge is 0.0928 e. The van der Waals surface area contributed by atoms with Crippen molar-refractivity contribution in [2.24, 2.45) is 22.2 Å². The Morgan fingerprint density at radius 1 is 0.786 bits per heavy atom. The van der Waals surface area contributed by atoms with Crippen LogP contribution in [0.15, 0.2) is 70.6 Å². The second-order valence-electron chi connectivity index (χ2n) is 8.58. The van der Waals surface area contributed by atoms with Crippen LogP contribution in [-0.4, -0.2) is 17.1 Å². The summed E-state index contributed by atoms with van der Waals surface area (Å²) in [5.74, 6) is 0.683. The summed E-state index contributed by atoms with van der Waals surface area (Å²) in [5, 5.41) is 11.6. The molecule has 0 radical (unpaired) electrons. The molecule has 4 atom stereocenters. The molecule has 5 rings (SSSR count). The minimum absolute atomic E-state index is 0.110. The van der Waals surface area contributed by atoms with Crippen molar-refractivity contribution in [1.82, 2.24) is 5.01 Å². The maximum absolute atomic E-state index is 6.46. The zero-order valence-corrected chi connectivity index (χ0v) is 16.9. The summed E-state index contributed by atoms with van der Waals surface area (Å²) in [4.78, 5) is 0. The largest absolute Gasteiger partial charge is 0.364 e. The molecule has 2 aromatic carbocycles. The van der Waals surface area contributed by atoms with E-state index in [4.69, 9.17) is 9.85 Å². The van der Waals surface area contributed by atoms with E-state index in [-0.39, 0.29) is 12.2 Å². The lowest BCUT2D eigenvalue weighted by atomic mass is 9.61. The van der Waals surface area contributed by atoms with Gasteiger partial charge in [0.05, 0.1) is 17.9 Å². The normalized spacial score (nSPS) is 27.5. The Kier molecular flexibility index (Phi) is 4.13. The molecule has 0 aromatic heterocycles. The molecule has 2 heterocycles. The van der Waals surface area contributed by atoms with E-state index in [2.05, 4.69) is 92.5 Å². The fourth-order valence-electron chi connectivity index (χ4n) is 5.15. The monoisotopic (exact) mass is 373 g/mol. The van der Waals surface area contributed by atoms with Gasteiger partial charge in [0.25, 0.3) is 0 Å². The summed E-state index contributed by atoms with van der Waals surface area (Å²) >= 11 is 0. The van der Waals surface area contributed by atoms with Crippen LogP contribution >= 0.6 is 0 Å². The van der Waals surface area contributed by atoms with Crippen LogP contribution < -0.4 is 0 Å². The van der Waals surface area contributed by atoms with Gasteiger partial charge >= 0.3 is 0 Å². The first kappa shape index (κ1) is 17.6. The van der Waals surface area contributed by atoms with Crippen molar-refractivity contribution in [3.8, 4) is 0 Å². The molecule has 2 bridgehead atoms. The van der Waals surface area contributed by atoms with Crippen molar-refractivity contribution in [2.75, 3.05) is 0 Å². The lowest BCUT2D eigenvalue weighted by Gasteiger charge is -2.41. The molecule has 3 aliphatic rings. The van der Waals surface area contributed by atoms with Gasteiger partial charge in [0, 0.05) is 23.9 Å². The molecule has 4 heteroatoms. The lowest BCUT2D eigenvalue weighted by molar-refractivity contribution is 0.0619. The maximum atomic E-state index is 6.46. The van der Waals surface area contributed by atoms with Crippen LogP contribution in [-0.2, 0) is 4.74 Å². The van der Waals surface area contributed by atoms with Crippen molar-refractivity contribution in [1.29, 1.82) is 0 Å². The van der Waals surface area contributed by atoms with Gasteiger partial charge in [-0.1, -0.05) is 59.8 Å². The summed E-state index contributed by atoms with van der Waals surface area (Å²) in [6, 6.07) is 19.9. The topological polar surface area (TPSA) is 37.2 Å². The third kappa shape index (κ3) is 2.47. The minimum atomic E-state index is 0.110. The Hall–Kier alpha value is -2.46. The van der Waals surface area contributed by atoms with Gasteiger partial charge in [0.2, 0.25) is 0 Å². The third-order valence-corrected chi connectivity index (χ3v) is 6.27. The molecule has 2 aliphatic heterocycles. The number of fused-ring (bicyclic) bond motifs is 8. The molecule has 0 spiro atoms. The second-order valence-corrected chi connectivity index (χ2v) is 8.58. The van der Waals surface area contributed by atoms with Gasteiger partial charge in [0.15, 0.2) is 0 Å². The van der Waals surface area contributed by atoms with E-state index in [0.717, 1.165) is 5.70 Å². The first-order valence-electron chi connectivity index (χ1n) is 10.3. The molecule has 2 aromatic rings. The van der Waals surface area contributed by atoms with Crippen molar-refractivity contribution >= 4 is 5.57 Å². The van der Waals surface area contributed by atoms with E-state index in [9.17, 15) is 0 Å². The number of rotatable bonds is 5. The zero-order valence-electron chi connectivity index (χ0n) is 16.9. The van der Waals surface area contributed by atoms with E-state index < -0.39 is 0 Å². The summed E-state index contributed by atoms with van der Waals surface area (Å²) < 4.78 is 6.46. The van der Waals surface area contributed by atoms with Crippen molar-refractivity contribution in [3.05, 3.63) is 77.0 Å². The molecule has 1 fully saturated rings. The number of benzene rings is 2. The fourth-order valence-corrected chi connectivity index (χ4v) is 5.15. The van der Waals surface area contributed by atoms with E-state index in [1.807, 2.05) is 0 Å². The quantitative estimate of drug-likeness (QED) is 0.479. The standard InChI is InChI=1S/C24H27N3O/c1-14(2)27(15(3)4)26-25-22-19(16-10-6-5-7-11-16)20-21(22)24-18-13-9-8-12-17(18)23(20)28-24/h5-15,20-21,23-24H,1-4H3/t20?,21?,23-,24?/m1/s1. The summed E-state index contributed by atoms with van der Waals surface area (Å²) in [7, 11) is 0. The SMILES string of the molecule is CC(C)N(N=NC1=C(c2ccccc2)C2C1C1O[C@@H]2c2ccccc21)C(C)C. The molecular weight excluding hydrogens is 346 g/mol. The van der Waals surface area contributed by atoms with Crippen molar-refractivity contribution < 1.29 is 4.74 Å². The Bertz CT molecular complexity index is 939. The van der Waals surface area contributed by atoms with Crippen LogP contribution in [0.3, 0.4) is 0 Å². The highest BCUT2D eigenvalue weighted by atomic mass is 16.5. The Morgan fingerprint density at radius 2 is 1.36 bits per heavy atom. The lowest BCUT2D eigenvalue weighted by Crippen LogP contribution is -2.35. The van der Waals surface area contributed by atoms with Gasteiger partial charge in [-0.15, -0.1) is 5.11 Å². The average Bonchev–Trinajstić information content (AvgIpc) is 3.19. The second kappa shape index (κ2) is 6.56. The molecule has 1 saturated heterocycles. The number of hydrogen-bond donors (Lipinski definition) is 0. The van der Waals surface area contributed by atoms with Gasteiger partial charge in [-0.25, -0.2) is 0 Å². The third-order valence-electron chi connectivity index (χ3n) is 6.27. The summed E-state index contributed by atoms with van der Waals surface area (Å²) in [6.07, 6.45) is 0.255. The van der Waals surface area contributed by atoms with E-state index in [1.165, 1.54) is 22.3 Å². The van der Waals surface area contributed by atoms with Gasteiger partial charge in [-0.05, 0) is 50.0 Å². The highest BCUT2D eigenvalue weighted by Gasteiger charge is 2.61. The van der Waals surface area contributed by atoms with E-state index in [1.54, 1.807) is 0 Å². The van der Waals surface area contributed by atoms with Crippen LogP contribution in [0.25, 0.3) is 5.57 Å². The average molecular weight is 374 g/mol. The highest BCUT2D eigenvalue weighted by molar-refractivity contribution is 5.79. The van der Waals surface area contributed by atoms with Crippen molar-refractivity contribution in [2.45, 2.75) is 52.0 Å². The number of hydrogen-bond acceptors (Lipinski definition) is 3. The first-order chi connectivity index (χ1) is 13.6. The molecule has 1 aliphatic carbocycles.